The lowest BCUT2D eigenvalue weighted by atomic mass is 10.0. The van der Waals surface area contributed by atoms with Gasteiger partial charge in [-0.2, -0.15) is 0 Å². The van der Waals surface area contributed by atoms with Gasteiger partial charge in [0, 0.05) is 67.0 Å². The molecule has 0 spiro atoms. The number of benzene rings is 2. The fourth-order valence-electron chi connectivity index (χ4n) is 5.91. The van der Waals surface area contributed by atoms with Crippen LogP contribution in [0.1, 0.15) is 30.0 Å². The zero-order valence-electron chi connectivity index (χ0n) is 22.8. The lowest BCUT2D eigenvalue weighted by Gasteiger charge is -2.32. The molecule has 2 aromatic carbocycles. The van der Waals surface area contributed by atoms with Gasteiger partial charge in [0.25, 0.3) is 0 Å². The quantitative estimate of drug-likeness (QED) is 0.418. The molecule has 0 amide bonds. The monoisotopic (exact) mass is 568 g/mol. The van der Waals surface area contributed by atoms with E-state index in [0.29, 0.717) is 41.3 Å². The molecular formula is C29H34ClFN6O3. The van der Waals surface area contributed by atoms with Gasteiger partial charge in [0.2, 0.25) is 0 Å². The van der Waals surface area contributed by atoms with Crippen LogP contribution in [0.3, 0.4) is 0 Å². The molecule has 0 saturated carbocycles. The lowest BCUT2D eigenvalue weighted by molar-refractivity contribution is 0.0209. The van der Waals surface area contributed by atoms with Crippen molar-refractivity contribution in [3.8, 4) is 5.75 Å². The summed E-state index contributed by atoms with van der Waals surface area (Å²) in [5, 5.41) is 5.39. The number of hydroxylamine groups is 1. The predicted octanol–water partition coefficient (Wildman–Crippen LogP) is 5.12. The highest BCUT2D eigenvalue weighted by Crippen LogP contribution is 2.39. The molecule has 4 heterocycles. The summed E-state index contributed by atoms with van der Waals surface area (Å²) in [5.41, 5.74) is 3.65. The average molecular weight is 569 g/mol. The Morgan fingerprint density at radius 1 is 1.05 bits per heavy atom. The summed E-state index contributed by atoms with van der Waals surface area (Å²) in [6, 6.07) is 10.9. The van der Waals surface area contributed by atoms with Gasteiger partial charge in [0.1, 0.15) is 23.7 Å². The molecule has 1 unspecified atom stereocenters. The minimum absolute atomic E-state index is 0.321. The van der Waals surface area contributed by atoms with Crippen molar-refractivity contribution in [1.29, 1.82) is 0 Å². The summed E-state index contributed by atoms with van der Waals surface area (Å²) in [6.45, 7) is 8.23. The molecule has 2 atom stereocenters. The normalized spacial score (nSPS) is 21.7. The number of rotatable bonds is 7. The van der Waals surface area contributed by atoms with Crippen molar-refractivity contribution in [3.05, 3.63) is 64.7 Å². The zero-order chi connectivity index (χ0) is 27.6. The van der Waals surface area contributed by atoms with Crippen LogP contribution in [-0.2, 0) is 9.57 Å². The molecular weight excluding hydrogens is 535 g/mol. The van der Waals surface area contributed by atoms with E-state index in [1.165, 1.54) is 18.1 Å². The minimum Gasteiger partial charge on any atom is -0.494 e. The Hall–Kier alpha value is -3.18. The second kappa shape index (κ2) is 11.7. The molecule has 3 aliphatic rings. The Labute approximate surface area is 238 Å². The number of ether oxygens (including phenoxy) is 2. The third kappa shape index (κ3) is 5.54. The van der Waals surface area contributed by atoms with Gasteiger partial charge >= 0.3 is 0 Å². The van der Waals surface area contributed by atoms with Crippen LogP contribution < -0.4 is 20.0 Å². The van der Waals surface area contributed by atoms with Crippen LogP contribution in [0, 0.1) is 12.7 Å². The van der Waals surface area contributed by atoms with Crippen LogP contribution in [0.2, 0.25) is 5.02 Å². The molecule has 3 fully saturated rings. The predicted molar refractivity (Wildman–Crippen MR) is 153 cm³/mol. The van der Waals surface area contributed by atoms with Crippen molar-refractivity contribution in [1.82, 2.24) is 14.9 Å². The molecule has 6 rings (SSSR count). The van der Waals surface area contributed by atoms with E-state index in [9.17, 15) is 4.39 Å². The van der Waals surface area contributed by atoms with E-state index in [4.69, 9.17) is 25.9 Å². The van der Waals surface area contributed by atoms with Crippen molar-refractivity contribution < 1.29 is 18.7 Å². The Morgan fingerprint density at radius 2 is 1.90 bits per heavy atom. The number of halogens is 2. The Morgan fingerprint density at radius 3 is 2.70 bits per heavy atom. The summed E-state index contributed by atoms with van der Waals surface area (Å²) in [7, 11) is 1.68. The van der Waals surface area contributed by atoms with Gasteiger partial charge in [-0.3, -0.25) is 9.74 Å². The smallest absolute Gasteiger partial charge is 0.158 e. The molecule has 3 aliphatic heterocycles. The molecule has 3 aromatic rings. The number of anilines is 4. The fraction of sp³-hybridized carbons (Fsp3) is 0.448. The van der Waals surface area contributed by atoms with Crippen molar-refractivity contribution >= 4 is 34.6 Å². The standard InChI is InChI=1S/C29H34ClFN6O3/c1-19-13-24(27(38-2)15-26(19)36-7-5-21(17-36)35-8-11-39-12-9-35)34-28-16-29(33-18-32-28)37-25(6-10-40-37)22-4-3-20(30)14-23(22)31/h3-4,13-16,18,21,25H,5-12,17H2,1-2H3,(H,32,33,34)/t21?,25-/m1/s1. The van der Waals surface area contributed by atoms with Crippen LogP contribution in [0.4, 0.5) is 27.4 Å². The first kappa shape index (κ1) is 27.0. The number of hydrogen-bond acceptors (Lipinski definition) is 9. The Balaban J connectivity index is 1.20. The first-order valence-corrected chi connectivity index (χ1v) is 14.1. The third-order valence-electron chi connectivity index (χ3n) is 7.95. The maximum absolute atomic E-state index is 14.7. The second-order valence-corrected chi connectivity index (χ2v) is 10.8. The molecule has 0 aliphatic carbocycles. The van der Waals surface area contributed by atoms with Crippen molar-refractivity contribution in [2.24, 2.45) is 0 Å². The molecule has 0 radical (unpaired) electrons. The molecule has 11 heteroatoms. The van der Waals surface area contributed by atoms with E-state index in [1.54, 1.807) is 30.4 Å². The van der Waals surface area contributed by atoms with Crippen molar-refractivity contribution in [2.45, 2.75) is 31.8 Å². The first-order valence-electron chi connectivity index (χ1n) is 13.7. The number of methoxy groups -OCH3 is 1. The molecule has 1 N–H and O–H groups in total. The zero-order valence-corrected chi connectivity index (χ0v) is 23.5. The van der Waals surface area contributed by atoms with Gasteiger partial charge in [-0.25, -0.2) is 19.4 Å². The number of nitrogens with zero attached hydrogens (tertiary/aromatic N) is 5. The van der Waals surface area contributed by atoms with Gasteiger partial charge in [-0.15, -0.1) is 0 Å². The molecule has 0 bridgehead atoms. The fourth-order valence-corrected chi connectivity index (χ4v) is 6.07. The largest absolute Gasteiger partial charge is 0.494 e. The van der Waals surface area contributed by atoms with Crippen LogP contribution in [0.25, 0.3) is 0 Å². The topological polar surface area (TPSA) is 75.2 Å². The van der Waals surface area contributed by atoms with Crippen LogP contribution in [0.15, 0.2) is 42.7 Å². The molecule has 212 valence electrons. The van der Waals surface area contributed by atoms with E-state index < -0.39 is 0 Å². The van der Waals surface area contributed by atoms with Gasteiger partial charge in [-0.1, -0.05) is 17.7 Å². The van der Waals surface area contributed by atoms with Crippen LogP contribution >= 0.6 is 11.6 Å². The van der Waals surface area contributed by atoms with E-state index in [2.05, 4.69) is 44.1 Å². The lowest BCUT2D eigenvalue weighted by Crippen LogP contribution is -2.44. The molecule has 9 nitrogen and oxygen atoms in total. The van der Waals surface area contributed by atoms with E-state index in [-0.39, 0.29) is 11.9 Å². The van der Waals surface area contributed by atoms with Gasteiger partial charge in [0.15, 0.2) is 5.82 Å². The van der Waals surface area contributed by atoms with Gasteiger partial charge in [-0.05, 0) is 37.1 Å². The maximum atomic E-state index is 14.7. The Bertz CT molecular complexity index is 1360. The minimum atomic E-state index is -0.366. The van der Waals surface area contributed by atoms with E-state index >= 15 is 0 Å². The van der Waals surface area contributed by atoms with E-state index in [1.807, 2.05) is 0 Å². The number of hydrogen-bond donors (Lipinski definition) is 1. The summed E-state index contributed by atoms with van der Waals surface area (Å²) in [5.74, 6) is 1.48. The SMILES string of the molecule is COc1cc(N2CCC(N3CCOCC3)C2)c(C)cc1Nc1cc(N2OCC[C@@H]2c2ccc(Cl)cc2F)ncn1. The molecule has 3 saturated heterocycles. The number of aryl methyl sites for hydroxylation is 1. The van der Waals surface area contributed by atoms with Crippen molar-refractivity contribution in [2.75, 3.05) is 68.4 Å². The summed E-state index contributed by atoms with van der Waals surface area (Å²) >= 11 is 5.96. The summed E-state index contributed by atoms with van der Waals surface area (Å²) in [4.78, 5) is 19.7. The molecule has 1 aromatic heterocycles. The summed E-state index contributed by atoms with van der Waals surface area (Å²) < 4.78 is 26.0. The second-order valence-electron chi connectivity index (χ2n) is 10.4. The Kier molecular flexibility index (Phi) is 7.93. The third-order valence-corrected chi connectivity index (χ3v) is 8.19. The number of nitrogens with one attached hydrogen (secondary N) is 1. The highest BCUT2D eigenvalue weighted by molar-refractivity contribution is 6.30. The van der Waals surface area contributed by atoms with E-state index in [0.717, 1.165) is 62.8 Å². The highest BCUT2D eigenvalue weighted by atomic mass is 35.5. The average Bonchev–Trinajstić information content (AvgIpc) is 3.65. The summed E-state index contributed by atoms with van der Waals surface area (Å²) in [6.07, 6.45) is 3.24. The highest BCUT2D eigenvalue weighted by Gasteiger charge is 2.32. The van der Waals surface area contributed by atoms with Crippen molar-refractivity contribution in [3.63, 3.8) is 0 Å². The molecule has 40 heavy (non-hydrogen) atoms. The number of morpholine rings is 1. The van der Waals surface area contributed by atoms with Gasteiger partial charge < -0.3 is 19.7 Å². The first-order chi connectivity index (χ1) is 19.5. The number of aromatic nitrogens is 2. The van der Waals surface area contributed by atoms with Crippen LogP contribution in [0.5, 0.6) is 5.75 Å². The maximum Gasteiger partial charge on any atom is 0.158 e. The van der Waals surface area contributed by atoms with Crippen LogP contribution in [-0.4, -0.2) is 74.0 Å². The van der Waals surface area contributed by atoms with Gasteiger partial charge in [0.05, 0.1) is 38.7 Å².